The maximum absolute atomic E-state index is 11.9. The maximum atomic E-state index is 11.9. The molecule has 0 saturated carbocycles. The number of piperidine rings is 1. The molecular weight excluding hydrogens is 276 g/mol. The van der Waals surface area contributed by atoms with Gasteiger partial charge in [-0.15, -0.1) is 0 Å². The molecule has 1 rings (SSSR count). The number of esters is 1. The zero-order chi connectivity index (χ0) is 15.8. The molecule has 0 aromatic carbocycles. The number of nitrogens with zero attached hydrogens (tertiary/aromatic N) is 1. The summed E-state index contributed by atoms with van der Waals surface area (Å²) >= 11 is 0. The highest BCUT2D eigenvalue weighted by Gasteiger charge is 2.27. The molecule has 1 aliphatic rings. The molecule has 1 heterocycles. The van der Waals surface area contributed by atoms with Gasteiger partial charge < -0.3 is 20.1 Å². The lowest BCUT2D eigenvalue weighted by Gasteiger charge is -2.30. The van der Waals surface area contributed by atoms with Gasteiger partial charge in [0.1, 0.15) is 0 Å². The molecule has 0 bridgehead atoms. The van der Waals surface area contributed by atoms with Crippen molar-refractivity contribution in [2.24, 2.45) is 11.8 Å². The van der Waals surface area contributed by atoms with Crippen LogP contribution in [0.15, 0.2) is 0 Å². The van der Waals surface area contributed by atoms with Crippen LogP contribution in [-0.2, 0) is 14.3 Å². The highest BCUT2D eigenvalue weighted by Crippen LogP contribution is 2.18. The monoisotopic (exact) mass is 300 g/mol. The predicted octanol–water partition coefficient (Wildman–Crippen LogP) is 1.08. The second-order valence-electron chi connectivity index (χ2n) is 5.40. The molecule has 1 unspecified atom stereocenters. The summed E-state index contributed by atoms with van der Waals surface area (Å²) in [6.07, 6.45) is 2.42. The van der Waals surface area contributed by atoms with Crippen LogP contribution in [0.2, 0.25) is 0 Å². The Labute approximate surface area is 124 Å². The van der Waals surface area contributed by atoms with Gasteiger partial charge in [-0.25, -0.2) is 4.79 Å². The minimum atomic E-state index is -0.814. The highest BCUT2D eigenvalue weighted by molar-refractivity contribution is 5.76. The topological polar surface area (TPSA) is 95.9 Å². The molecule has 2 amide bonds. The number of carboxylic acid groups (broad SMARTS) is 1. The Morgan fingerprint density at radius 3 is 2.48 bits per heavy atom. The molecule has 1 saturated heterocycles. The van der Waals surface area contributed by atoms with Crippen LogP contribution in [0.25, 0.3) is 0 Å². The Morgan fingerprint density at radius 1 is 1.33 bits per heavy atom. The van der Waals surface area contributed by atoms with Gasteiger partial charge in [0, 0.05) is 19.6 Å². The quantitative estimate of drug-likeness (QED) is 0.565. The van der Waals surface area contributed by atoms with Crippen LogP contribution in [-0.4, -0.2) is 54.7 Å². The van der Waals surface area contributed by atoms with E-state index in [0.29, 0.717) is 45.3 Å². The number of likely N-dealkylation sites (tertiary alicyclic amines) is 1. The lowest BCUT2D eigenvalue weighted by molar-refractivity contribution is -0.147. The first-order valence-corrected chi connectivity index (χ1v) is 7.29. The molecule has 0 spiro atoms. The van der Waals surface area contributed by atoms with Crippen molar-refractivity contribution in [1.29, 1.82) is 0 Å². The fourth-order valence-corrected chi connectivity index (χ4v) is 2.32. The van der Waals surface area contributed by atoms with Crippen molar-refractivity contribution in [3.63, 3.8) is 0 Å². The fourth-order valence-electron chi connectivity index (χ4n) is 2.32. The van der Waals surface area contributed by atoms with Crippen LogP contribution >= 0.6 is 0 Å². The van der Waals surface area contributed by atoms with Crippen LogP contribution in [0.1, 0.15) is 32.6 Å². The number of nitrogens with one attached hydrogen (secondary N) is 1. The van der Waals surface area contributed by atoms with Gasteiger partial charge in [-0.05, 0) is 25.7 Å². The number of urea groups is 1. The van der Waals surface area contributed by atoms with Crippen LogP contribution < -0.4 is 5.32 Å². The van der Waals surface area contributed by atoms with Crippen molar-refractivity contribution in [1.82, 2.24) is 10.2 Å². The largest absolute Gasteiger partial charge is 0.481 e. The van der Waals surface area contributed by atoms with Gasteiger partial charge in [-0.1, -0.05) is 6.92 Å². The SMILES string of the molecule is COC(=O)C1CCN(C(=O)NCCCC(C)C(=O)O)CC1. The van der Waals surface area contributed by atoms with E-state index in [0.717, 1.165) is 0 Å². The minimum Gasteiger partial charge on any atom is -0.481 e. The number of carbonyl (C=O) groups is 3. The predicted molar refractivity (Wildman–Crippen MR) is 75.7 cm³/mol. The second kappa shape index (κ2) is 8.49. The van der Waals surface area contributed by atoms with Crippen molar-refractivity contribution < 1.29 is 24.2 Å². The van der Waals surface area contributed by atoms with Crippen molar-refractivity contribution in [3.05, 3.63) is 0 Å². The van der Waals surface area contributed by atoms with Crippen molar-refractivity contribution in [2.75, 3.05) is 26.7 Å². The van der Waals surface area contributed by atoms with E-state index in [1.165, 1.54) is 7.11 Å². The van der Waals surface area contributed by atoms with E-state index in [4.69, 9.17) is 9.84 Å². The van der Waals surface area contributed by atoms with Crippen molar-refractivity contribution in [3.8, 4) is 0 Å². The summed E-state index contributed by atoms with van der Waals surface area (Å²) in [5.74, 6) is -1.53. The van der Waals surface area contributed by atoms with Crippen LogP contribution in [0.5, 0.6) is 0 Å². The van der Waals surface area contributed by atoms with E-state index < -0.39 is 11.9 Å². The summed E-state index contributed by atoms with van der Waals surface area (Å²) in [5.41, 5.74) is 0. The number of amides is 2. The minimum absolute atomic E-state index is 0.115. The van der Waals surface area contributed by atoms with Crippen LogP contribution in [0, 0.1) is 11.8 Å². The summed E-state index contributed by atoms with van der Waals surface area (Å²) in [6.45, 7) is 3.20. The summed E-state index contributed by atoms with van der Waals surface area (Å²) < 4.78 is 4.70. The first-order valence-electron chi connectivity index (χ1n) is 7.29. The third-order valence-electron chi connectivity index (χ3n) is 3.83. The molecule has 0 aromatic heterocycles. The number of rotatable bonds is 6. The molecule has 0 aliphatic carbocycles. The van der Waals surface area contributed by atoms with Crippen molar-refractivity contribution in [2.45, 2.75) is 32.6 Å². The molecule has 1 atom stereocenters. The van der Waals surface area contributed by atoms with Gasteiger partial charge in [0.25, 0.3) is 0 Å². The average molecular weight is 300 g/mol. The van der Waals surface area contributed by atoms with Gasteiger partial charge in [-0.3, -0.25) is 9.59 Å². The molecule has 0 aromatic rings. The molecule has 1 fully saturated rings. The summed E-state index contributed by atoms with van der Waals surface area (Å²) in [6, 6.07) is -0.152. The number of carbonyl (C=O) groups excluding carboxylic acids is 2. The third-order valence-corrected chi connectivity index (χ3v) is 3.83. The highest BCUT2D eigenvalue weighted by atomic mass is 16.5. The number of carboxylic acids is 1. The molecule has 120 valence electrons. The summed E-state index contributed by atoms with van der Waals surface area (Å²) in [5, 5.41) is 11.5. The fraction of sp³-hybridized carbons (Fsp3) is 0.786. The van der Waals surface area contributed by atoms with E-state index in [1.54, 1.807) is 11.8 Å². The molecule has 0 radical (unpaired) electrons. The number of ether oxygens (including phenoxy) is 1. The van der Waals surface area contributed by atoms with Crippen LogP contribution in [0.4, 0.5) is 4.79 Å². The third kappa shape index (κ3) is 5.61. The van der Waals surface area contributed by atoms with Gasteiger partial charge in [-0.2, -0.15) is 0 Å². The molecular formula is C14H24N2O5. The van der Waals surface area contributed by atoms with E-state index in [9.17, 15) is 14.4 Å². The molecule has 21 heavy (non-hydrogen) atoms. The lowest BCUT2D eigenvalue weighted by Crippen LogP contribution is -2.45. The van der Waals surface area contributed by atoms with E-state index >= 15 is 0 Å². The summed E-state index contributed by atoms with van der Waals surface area (Å²) in [7, 11) is 1.37. The first-order chi connectivity index (χ1) is 9.95. The Morgan fingerprint density at radius 2 is 1.95 bits per heavy atom. The van der Waals surface area contributed by atoms with Crippen molar-refractivity contribution >= 4 is 18.0 Å². The van der Waals surface area contributed by atoms with Gasteiger partial charge in [0.15, 0.2) is 0 Å². The average Bonchev–Trinajstić information content (AvgIpc) is 2.50. The van der Waals surface area contributed by atoms with Gasteiger partial charge >= 0.3 is 18.0 Å². The first kappa shape index (κ1) is 17.3. The van der Waals surface area contributed by atoms with Gasteiger partial charge in [0.05, 0.1) is 18.9 Å². The zero-order valence-corrected chi connectivity index (χ0v) is 12.6. The smallest absolute Gasteiger partial charge is 0.317 e. The number of hydrogen-bond donors (Lipinski definition) is 2. The molecule has 7 heteroatoms. The number of methoxy groups -OCH3 is 1. The standard InChI is InChI=1S/C14H24N2O5/c1-10(12(17)18)4-3-7-15-14(20)16-8-5-11(6-9-16)13(19)21-2/h10-11H,3-9H2,1-2H3,(H,15,20)(H,17,18). The Balaban J connectivity index is 2.19. The second-order valence-corrected chi connectivity index (χ2v) is 5.40. The normalized spacial score (nSPS) is 17.1. The van der Waals surface area contributed by atoms with E-state index in [2.05, 4.69) is 5.32 Å². The maximum Gasteiger partial charge on any atom is 0.317 e. The number of hydrogen-bond acceptors (Lipinski definition) is 4. The Hall–Kier alpha value is -1.79. The number of aliphatic carboxylic acids is 1. The van der Waals surface area contributed by atoms with E-state index in [-0.39, 0.29) is 17.9 Å². The summed E-state index contributed by atoms with van der Waals surface area (Å²) in [4.78, 5) is 35.6. The van der Waals surface area contributed by atoms with Gasteiger partial charge in [0.2, 0.25) is 0 Å². The molecule has 2 N–H and O–H groups in total. The Bertz CT molecular complexity index is 378. The molecule has 1 aliphatic heterocycles. The van der Waals surface area contributed by atoms with Crippen LogP contribution in [0.3, 0.4) is 0 Å². The zero-order valence-electron chi connectivity index (χ0n) is 12.6. The van der Waals surface area contributed by atoms with E-state index in [1.807, 2.05) is 0 Å². The Kier molecular flexibility index (Phi) is 6.98. The molecule has 7 nitrogen and oxygen atoms in total. The lowest BCUT2D eigenvalue weighted by atomic mass is 9.97.